The number of hydrogen-bond donors (Lipinski definition) is 1. The summed E-state index contributed by atoms with van der Waals surface area (Å²) in [6, 6.07) is 2.18. The minimum atomic E-state index is -4.56. The second-order valence-corrected chi connectivity index (χ2v) is 6.08. The number of nitrogens with two attached hydrogens (primary N) is 1. The van der Waals surface area contributed by atoms with Gasteiger partial charge in [-0.3, -0.25) is 0 Å². The summed E-state index contributed by atoms with van der Waals surface area (Å²) in [6.45, 7) is 1.54. The SMILES string of the molecule is COC(C)CS(=O)(=O)c1ccc(C(F)(F)F)cc1N. The zero-order chi connectivity index (χ0) is 14.8. The van der Waals surface area contributed by atoms with E-state index in [4.69, 9.17) is 10.5 Å². The van der Waals surface area contributed by atoms with Gasteiger partial charge in [0.1, 0.15) is 0 Å². The maximum Gasteiger partial charge on any atom is 0.416 e. The van der Waals surface area contributed by atoms with Crippen LogP contribution in [0.25, 0.3) is 0 Å². The van der Waals surface area contributed by atoms with Gasteiger partial charge in [-0.1, -0.05) is 0 Å². The van der Waals surface area contributed by atoms with E-state index in [0.717, 1.165) is 6.07 Å². The molecule has 0 bridgehead atoms. The van der Waals surface area contributed by atoms with E-state index in [1.165, 1.54) is 14.0 Å². The lowest BCUT2D eigenvalue weighted by atomic mass is 10.2. The Morgan fingerprint density at radius 1 is 1.37 bits per heavy atom. The van der Waals surface area contributed by atoms with E-state index in [0.29, 0.717) is 12.1 Å². The Kier molecular flexibility index (Phi) is 4.46. The van der Waals surface area contributed by atoms with Crippen molar-refractivity contribution >= 4 is 15.5 Å². The van der Waals surface area contributed by atoms with Crippen LogP contribution >= 0.6 is 0 Å². The van der Waals surface area contributed by atoms with Crippen LogP contribution in [0.5, 0.6) is 0 Å². The van der Waals surface area contributed by atoms with Gasteiger partial charge in [0.25, 0.3) is 0 Å². The molecular weight excluding hydrogens is 283 g/mol. The van der Waals surface area contributed by atoms with Crippen LogP contribution in [0, 0.1) is 0 Å². The van der Waals surface area contributed by atoms with E-state index in [1.807, 2.05) is 0 Å². The van der Waals surface area contributed by atoms with Crippen LogP contribution in [0.3, 0.4) is 0 Å². The molecule has 0 radical (unpaired) electrons. The van der Waals surface area contributed by atoms with Crippen molar-refractivity contribution in [3.63, 3.8) is 0 Å². The standard InChI is InChI=1S/C11H14F3NO3S/c1-7(18-2)6-19(16,17)10-4-3-8(5-9(10)15)11(12,13)14/h3-5,7H,6,15H2,1-2H3. The number of methoxy groups -OCH3 is 1. The molecule has 0 amide bonds. The highest BCUT2D eigenvalue weighted by atomic mass is 32.2. The topological polar surface area (TPSA) is 69.4 Å². The highest BCUT2D eigenvalue weighted by molar-refractivity contribution is 7.91. The summed E-state index contributed by atoms with van der Waals surface area (Å²) in [5.74, 6) is -0.348. The van der Waals surface area contributed by atoms with Crippen LogP contribution in [0.2, 0.25) is 0 Å². The molecule has 0 aliphatic rings. The Bertz CT molecular complexity index is 555. The fourth-order valence-corrected chi connectivity index (χ4v) is 3.10. The molecule has 8 heteroatoms. The number of nitrogen functional groups attached to an aromatic ring is 1. The summed E-state index contributed by atoms with van der Waals surface area (Å²) in [7, 11) is -2.44. The largest absolute Gasteiger partial charge is 0.416 e. The summed E-state index contributed by atoms with van der Waals surface area (Å²) in [6.07, 6.45) is -5.14. The Balaban J connectivity index is 3.16. The summed E-state index contributed by atoms with van der Waals surface area (Å²) >= 11 is 0. The van der Waals surface area contributed by atoms with Gasteiger partial charge in [0.15, 0.2) is 9.84 Å². The third kappa shape index (κ3) is 3.84. The third-order valence-electron chi connectivity index (χ3n) is 2.53. The smallest absolute Gasteiger partial charge is 0.398 e. The number of ether oxygens (including phenoxy) is 1. The molecule has 0 aliphatic carbocycles. The van der Waals surface area contributed by atoms with Crippen molar-refractivity contribution in [2.45, 2.75) is 24.1 Å². The molecule has 1 aromatic carbocycles. The molecule has 1 aromatic rings. The van der Waals surface area contributed by atoms with Gasteiger partial charge in [-0.05, 0) is 25.1 Å². The van der Waals surface area contributed by atoms with Crippen molar-refractivity contribution in [3.8, 4) is 0 Å². The first-order valence-electron chi connectivity index (χ1n) is 5.30. The molecule has 0 heterocycles. The molecule has 0 aliphatic heterocycles. The Hall–Kier alpha value is -1.28. The van der Waals surface area contributed by atoms with Crippen molar-refractivity contribution in [1.29, 1.82) is 0 Å². The van der Waals surface area contributed by atoms with Crippen molar-refractivity contribution in [2.24, 2.45) is 0 Å². The van der Waals surface area contributed by atoms with Crippen LogP contribution in [-0.4, -0.2) is 27.4 Å². The zero-order valence-corrected chi connectivity index (χ0v) is 11.2. The van der Waals surface area contributed by atoms with Gasteiger partial charge in [0.05, 0.1) is 28.0 Å². The van der Waals surface area contributed by atoms with Crippen molar-refractivity contribution in [3.05, 3.63) is 23.8 Å². The Morgan fingerprint density at radius 2 is 1.95 bits per heavy atom. The number of benzene rings is 1. The minimum absolute atomic E-state index is 0.315. The monoisotopic (exact) mass is 297 g/mol. The van der Waals surface area contributed by atoms with Gasteiger partial charge in [-0.25, -0.2) is 8.42 Å². The Labute approximate surface area is 109 Å². The molecule has 2 N–H and O–H groups in total. The summed E-state index contributed by atoms with van der Waals surface area (Å²) < 4.78 is 66.0. The number of alkyl halides is 3. The molecule has 0 saturated carbocycles. The summed E-state index contributed by atoms with van der Waals surface area (Å²) in [4.78, 5) is -0.315. The van der Waals surface area contributed by atoms with E-state index in [9.17, 15) is 21.6 Å². The Morgan fingerprint density at radius 3 is 2.37 bits per heavy atom. The zero-order valence-electron chi connectivity index (χ0n) is 10.4. The molecule has 0 fully saturated rings. The molecule has 19 heavy (non-hydrogen) atoms. The first-order chi connectivity index (χ1) is 8.58. The first kappa shape index (κ1) is 15.8. The fourth-order valence-electron chi connectivity index (χ4n) is 1.47. The average molecular weight is 297 g/mol. The number of halogens is 3. The van der Waals surface area contributed by atoms with E-state index in [-0.39, 0.29) is 10.6 Å². The number of anilines is 1. The second kappa shape index (κ2) is 5.38. The van der Waals surface area contributed by atoms with Gasteiger partial charge in [-0.15, -0.1) is 0 Å². The molecule has 0 saturated heterocycles. The fraction of sp³-hybridized carbons (Fsp3) is 0.455. The van der Waals surface area contributed by atoms with Gasteiger partial charge in [-0.2, -0.15) is 13.2 Å². The summed E-state index contributed by atoms with van der Waals surface area (Å²) in [5.41, 5.74) is 4.00. The van der Waals surface area contributed by atoms with E-state index >= 15 is 0 Å². The molecule has 108 valence electrons. The molecule has 0 spiro atoms. The minimum Gasteiger partial charge on any atom is -0.398 e. The van der Waals surface area contributed by atoms with E-state index in [1.54, 1.807) is 0 Å². The first-order valence-corrected chi connectivity index (χ1v) is 6.95. The maximum absolute atomic E-state index is 12.4. The average Bonchev–Trinajstić information content (AvgIpc) is 2.26. The highest BCUT2D eigenvalue weighted by Gasteiger charge is 2.32. The van der Waals surface area contributed by atoms with Gasteiger partial charge in [0, 0.05) is 7.11 Å². The van der Waals surface area contributed by atoms with Gasteiger partial charge < -0.3 is 10.5 Å². The summed E-state index contributed by atoms with van der Waals surface area (Å²) in [5, 5.41) is 0. The van der Waals surface area contributed by atoms with E-state index < -0.39 is 33.4 Å². The highest BCUT2D eigenvalue weighted by Crippen LogP contribution is 2.32. The normalized spacial score (nSPS) is 14.4. The number of sulfone groups is 1. The van der Waals surface area contributed by atoms with Crippen molar-refractivity contribution < 1.29 is 26.3 Å². The quantitative estimate of drug-likeness (QED) is 0.864. The van der Waals surface area contributed by atoms with E-state index in [2.05, 4.69) is 0 Å². The lowest BCUT2D eigenvalue weighted by Crippen LogP contribution is -2.21. The molecule has 1 unspecified atom stereocenters. The number of hydrogen-bond acceptors (Lipinski definition) is 4. The van der Waals surface area contributed by atoms with Crippen molar-refractivity contribution in [1.82, 2.24) is 0 Å². The molecule has 4 nitrogen and oxygen atoms in total. The number of rotatable bonds is 4. The van der Waals surface area contributed by atoms with Crippen LogP contribution < -0.4 is 5.73 Å². The lowest BCUT2D eigenvalue weighted by molar-refractivity contribution is -0.137. The van der Waals surface area contributed by atoms with Gasteiger partial charge in [0.2, 0.25) is 0 Å². The second-order valence-electron chi connectivity index (χ2n) is 4.08. The van der Waals surface area contributed by atoms with Crippen LogP contribution in [0.4, 0.5) is 18.9 Å². The molecular formula is C11H14F3NO3S. The maximum atomic E-state index is 12.4. The molecule has 1 rings (SSSR count). The predicted octanol–water partition coefficient (Wildman–Crippen LogP) is 2.10. The van der Waals surface area contributed by atoms with Crippen LogP contribution in [-0.2, 0) is 20.8 Å². The molecule has 0 aromatic heterocycles. The lowest BCUT2D eigenvalue weighted by Gasteiger charge is -2.13. The third-order valence-corrected chi connectivity index (χ3v) is 4.48. The van der Waals surface area contributed by atoms with Crippen molar-refractivity contribution in [2.75, 3.05) is 18.6 Å². The van der Waals surface area contributed by atoms with Crippen LogP contribution in [0.1, 0.15) is 12.5 Å². The van der Waals surface area contributed by atoms with Gasteiger partial charge >= 0.3 is 6.18 Å². The van der Waals surface area contributed by atoms with Crippen LogP contribution in [0.15, 0.2) is 23.1 Å². The predicted molar refractivity (Wildman–Crippen MR) is 64.4 cm³/mol. The molecule has 1 atom stereocenters.